The molecule has 90 valence electrons. The minimum absolute atomic E-state index is 0.145. The van der Waals surface area contributed by atoms with Gasteiger partial charge in [0.2, 0.25) is 0 Å². The van der Waals surface area contributed by atoms with Crippen LogP contribution in [0.2, 0.25) is 0 Å². The summed E-state index contributed by atoms with van der Waals surface area (Å²) >= 11 is 6.32. The number of benzene rings is 2. The van der Waals surface area contributed by atoms with Crippen molar-refractivity contribution in [2.24, 2.45) is 0 Å². The molecule has 0 amide bonds. The van der Waals surface area contributed by atoms with Gasteiger partial charge in [-0.3, -0.25) is 0 Å². The number of hydrogen-bond donors (Lipinski definition) is 0. The molecule has 1 atom stereocenters. The number of hydrogen-bond acceptors (Lipinski definition) is 0. The zero-order valence-corrected chi connectivity index (χ0v) is 15.3. The first kappa shape index (κ1) is 14.4. The van der Waals surface area contributed by atoms with Gasteiger partial charge < -0.3 is 0 Å². The second kappa shape index (κ2) is 7.57. The third-order valence-corrected chi connectivity index (χ3v) is 2.96. The average molecular weight is 443 g/mol. The van der Waals surface area contributed by atoms with Gasteiger partial charge in [0.05, 0.1) is 0 Å². The van der Waals surface area contributed by atoms with Crippen LogP contribution in [0.3, 0.4) is 0 Å². The summed E-state index contributed by atoms with van der Waals surface area (Å²) in [5, 5.41) is 0. The van der Waals surface area contributed by atoms with Gasteiger partial charge in [-0.1, -0.05) is 66.7 Å². The van der Waals surface area contributed by atoms with E-state index in [0.717, 1.165) is 0 Å². The van der Waals surface area contributed by atoms with Crippen LogP contribution in [0.4, 0.5) is 0 Å². The number of fused-ring (bicyclic) bond motifs is 1. The van der Waals surface area contributed by atoms with E-state index in [1.807, 2.05) is 0 Å². The fourth-order valence-electron chi connectivity index (χ4n) is 2.20. The van der Waals surface area contributed by atoms with Crippen molar-refractivity contribution in [3.63, 3.8) is 0 Å². The summed E-state index contributed by atoms with van der Waals surface area (Å²) in [6, 6.07) is 19.2. The van der Waals surface area contributed by atoms with Crippen molar-refractivity contribution in [3.05, 3.63) is 77.4 Å². The van der Waals surface area contributed by atoms with Gasteiger partial charge in [0.25, 0.3) is 0 Å². The minimum atomic E-state index is -0.145. The summed E-state index contributed by atoms with van der Waals surface area (Å²) in [5.41, 5.74) is 4.15. The molecule has 1 aliphatic rings. The molecule has 18 heavy (non-hydrogen) atoms. The molecule has 3 heteroatoms. The quantitative estimate of drug-likeness (QED) is 0.544. The molecule has 1 aliphatic carbocycles. The molecule has 0 saturated carbocycles. The molecular weight excluding hydrogens is 431 g/mol. The Kier molecular flexibility index (Phi) is 6.07. The van der Waals surface area contributed by atoms with E-state index in [-0.39, 0.29) is 18.5 Å². The molecule has 2 aromatic carbocycles. The zero-order valence-electron chi connectivity index (χ0n) is 9.68. The van der Waals surface area contributed by atoms with Crippen molar-refractivity contribution >= 4 is 30.5 Å². The number of allylic oxidation sites excluding steroid dienone is 1. The molecule has 0 heterocycles. The monoisotopic (exact) mass is 440 g/mol. The summed E-state index contributed by atoms with van der Waals surface area (Å²) in [5.74, 6) is 0.447. The first-order chi connectivity index (χ1) is 8.86. The Hall–Kier alpha value is 0.0231. The van der Waals surface area contributed by atoms with Crippen molar-refractivity contribution < 1.29 is 18.5 Å². The van der Waals surface area contributed by atoms with Gasteiger partial charge in [-0.25, -0.2) is 0 Å². The molecule has 2 aromatic rings. The van der Waals surface area contributed by atoms with Crippen LogP contribution < -0.4 is 0 Å². The van der Waals surface area contributed by atoms with E-state index in [4.69, 9.17) is 0 Å². The van der Waals surface area contributed by atoms with Crippen LogP contribution in [0.25, 0.3) is 6.08 Å². The number of halogens is 2. The summed E-state index contributed by atoms with van der Waals surface area (Å²) in [7, 11) is 0. The Morgan fingerprint density at radius 3 is 2.17 bits per heavy atom. The molecule has 1 unspecified atom stereocenters. The summed E-state index contributed by atoms with van der Waals surface area (Å²) in [6.45, 7) is 0. The van der Waals surface area contributed by atoms with E-state index < -0.39 is 0 Å². The molecular formula is C15H12Br2Zr. The molecule has 0 saturated heterocycles. The van der Waals surface area contributed by atoms with Crippen molar-refractivity contribution in [1.29, 1.82) is 0 Å². The molecule has 3 rings (SSSR count). The Bertz CT molecular complexity index is 523. The van der Waals surface area contributed by atoms with E-state index in [1.54, 1.807) is 0 Å². The molecule has 0 nitrogen and oxygen atoms in total. The van der Waals surface area contributed by atoms with Crippen molar-refractivity contribution in [3.8, 4) is 0 Å². The molecule has 0 aromatic heterocycles. The molecule has 0 fully saturated rings. The van der Waals surface area contributed by atoms with Crippen LogP contribution in [-0.4, -0.2) is 0 Å². The van der Waals surface area contributed by atoms with Crippen LogP contribution in [0.5, 0.6) is 0 Å². The predicted molar refractivity (Wildman–Crippen MR) is 81.6 cm³/mol. The summed E-state index contributed by atoms with van der Waals surface area (Å²) < 4.78 is 0. The van der Waals surface area contributed by atoms with E-state index >= 15 is 0 Å². The standard InChI is InChI=1S/C15H12.2BrH.Zr/c1-2-6-12(7-3-1)15-11-10-13-8-4-5-9-14(13)15;;;/h1-11,15H;2*1H;/q;;;+2/p-2. The van der Waals surface area contributed by atoms with Crippen LogP contribution in [-0.2, 0) is 18.5 Å². The van der Waals surface area contributed by atoms with Crippen LogP contribution in [0.1, 0.15) is 22.6 Å². The Balaban J connectivity index is 0.000000367. The van der Waals surface area contributed by atoms with Gasteiger partial charge in [-0.15, -0.1) is 0 Å². The van der Waals surface area contributed by atoms with Gasteiger partial charge in [-0.05, 0) is 16.7 Å². The zero-order chi connectivity index (χ0) is 12.8. The molecule has 0 N–H and O–H groups in total. The maximum atomic E-state index is 3.23. The van der Waals surface area contributed by atoms with Gasteiger partial charge in [0.1, 0.15) is 0 Å². The average Bonchev–Trinajstić information content (AvgIpc) is 2.84. The SMILES string of the molecule is C1=CC(c2ccccc2)c2ccccc21.[Br][Zr][Br]. The van der Waals surface area contributed by atoms with E-state index in [9.17, 15) is 0 Å². The fourth-order valence-corrected chi connectivity index (χ4v) is 2.20. The molecule has 0 spiro atoms. The Morgan fingerprint density at radius 2 is 1.44 bits per heavy atom. The van der Waals surface area contributed by atoms with Crippen molar-refractivity contribution in [2.75, 3.05) is 0 Å². The summed E-state index contributed by atoms with van der Waals surface area (Å²) in [6.07, 6.45) is 4.49. The van der Waals surface area contributed by atoms with E-state index in [2.05, 4.69) is 91.2 Å². The van der Waals surface area contributed by atoms with Gasteiger partial charge in [-0.2, -0.15) is 0 Å². The Morgan fingerprint density at radius 1 is 0.833 bits per heavy atom. The van der Waals surface area contributed by atoms with Gasteiger partial charge in [0.15, 0.2) is 0 Å². The maximum absolute atomic E-state index is 3.23. The first-order valence-electron chi connectivity index (χ1n) is 5.65. The fraction of sp³-hybridized carbons (Fsp3) is 0.0667. The van der Waals surface area contributed by atoms with Crippen LogP contribution in [0.15, 0.2) is 60.7 Å². The van der Waals surface area contributed by atoms with E-state index in [0.29, 0.717) is 5.92 Å². The second-order valence-electron chi connectivity index (χ2n) is 3.95. The number of rotatable bonds is 1. The Labute approximate surface area is 131 Å². The van der Waals surface area contributed by atoms with Crippen LogP contribution >= 0.6 is 24.4 Å². The molecule has 0 bridgehead atoms. The van der Waals surface area contributed by atoms with Crippen LogP contribution in [0, 0.1) is 0 Å². The summed E-state index contributed by atoms with van der Waals surface area (Å²) in [4.78, 5) is 0. The van der Waals surface area contributed by atoms with Gasteiger partial charge >= 0.3 is 43.0 Å². The first-order valence-corrected chi connectivity index (χ1v) is 16.9. The normalized spacial score (nSPS) is 15.6. The topological polar surface area (TPSA) is 0 Å². The van der Waals surface area contributed by atoms with E-state index in [1.165, 1.54) is 16.7 Å². The predicted octanol–water partition coefficient (Wildman–Crippen LogP) is 5.53. The third kappa shape index (κ3) is 3.53. The third-order valence-electron chi connectivity index (χ3n) is 2.96. The molecule has 0 radical (unpaired) electrons. The molecule has 0 aliphatic heterocycles. The van der Waals surface area contributed by atoms with Crippen molar-refractivity contribution in [1.82, 2.24) is 0 Å². The van der Waals surface area contributed by atoms with Gasteiger partial charge in [0, 0.05) is 5.92 Å². The van der Waals surface area contributed by atoms with Crippen molar-refractivity contribution in [2.45, 2.75) is 5.92 Å². The second-order valence-corrected chi connectivity index (χ2v) is 15.3.